The number of imide groups is 1. The van der Waals surface area contributed by atoms with Crippen molar-refractivity contribution in [3.63, 3.8) is 0 Å². The van der Waals surface area contributed by atoms with Gasteiger partial charge < -0.3 is 15.0 Å². The highest BCUT2D eigenvalue weighted by atomic mass is 19.1. The Labute approximate surface area is 213 Å². The molecule has 7 heteroatoms. The molecule has 2 amide bonds. The van der Waals surface area contributed by atoms with Crippen molar-refractivity contribution in [1.82, 2.24) is 15.5 Å². The van der Waals surface area contributed by atoms with Crippen molar-refractivity contribution >= 4 is 11.8 Å². The summed E-state index contributed by atoms with van der Waals surface area (Å²) in [5, 5.41) is 5.67. The molecule has 2 aliphatic rings. The van der Waals surface area contributed by atoms with Gasteiger partial charge in [-0.25, -0.2) is 4.39 Å². The van der Waals surface area contributed by atoms with Crippen LogP contribution in [0.15, 0.2) is 48.5 Å². The van der Waals surface area contributed by atoms with Crippen molar-refractivity contribution in [2.75, 3.05) is 32.8 Å². The van der Waals surface area contributed by atoms with Gasteiger partial charge in [0.05, 0.1) is 12.6 Å². The van der Waals surface area contributed by atoms with Crippen molar-refractivity contribution in [1.29, 1.82) is 0 Å². The zero-order chi connectivity index (χ0) is 25.3. The molecule has 36 heavy (non-hydrogen) atoms. The smallest absolute Gasteiger partial charge is 0.258 e. The van der Waals surface area contributed by atoms with Gasteiger partial charge in [-0.2, -0.15) is 0 Å². The Hall–Kier alpha value is -2.77. The van der Waals surface area contributed by atoms with E-state index in [0.29, 0.717) is 31.1 Å². The lowest BCUT2D eigenvalue weighted by Crippen LogP contribution is -2.43. The Morgan fingerprint density at radius 2 is 1.86 bits per heavy atom. The first-order chi connectivity index (χ1) is 17.5. The number of benzene rings is 2. The number of likely N-dealkylation sites (tertiary alicyclic amines) is 1. The van der Waals surface area contributed by atoms with Crippen LogP contribution in [0.5, 0.6) is 5.75 Å². The third kappa shape index (κ3) is 7.14. The molecular formula is C29H38FN3O3. The number of halogens is 1. The van der Waals surface area contributed by atoms with Crippen LogP contribution >= 0.6 is 0 Å². The van der Waals surface area contributed by atoms with E-state index in [4.69, 9.17) is 4.74 Å². The monoisotopic (exact) mass is 495 g/mol. The minimum absolute atomic E-state index is 0.271. The van der Waals surface area contributed by atoms with Gasteiger partial charge >= 0.3 is 0 Å². The molecule has 4 rings (SSSR count). The summed E-state index contributed by atoms with van der Waals surface area (Å²) in [5.74, 6) is 0.607. The fourth-order valence-corrected chi connectivity index (χ4v) is 5.07. The second-order valence-corrected chi connectivity index (χ2v) is 9.98. The van der Waals surface area contributed by atoms with Crippen LogP contribution in [-0.2, 0) is 4.79 Å². The van der Waals surface area contributed by atoms with Crippen molar-refractivity contribution in [2.45, 2.75) is 57.7 Å². The molecule has 0 aliphatic carbocycles. The van der Waals surface area contributed by atoms with Gasteiger partial charge in [-0.3, -0.25) is 14.9 Å². The van der Waals surface area contributed by atoms with Crippen molar-refractivity contribution in [3.8, 4) is 16.9 Å². The molecule has 0 saturated carbocycles. The van der Waals surface area contributed by atoms with E-state index in [1.54, 1.807) is 12.1 Å². The molecule has 2 atom stereocenters. The normalized spacial score (nSPS) is 19.7. The maximum Gasteiger partial charge on any atom is 0.258 e. The van der Waals surface area contributed by atoms with Crippen LogP contribution in [0.4, 0.5) is 4.39 Å². The molecular weight excluding hydrogens is 457 g/mol. The molecule has 0 spiro atoms. The molecule has 0 radical (unpaired) electrons. The number of rotatable bonds is 10. The van der Waals surface area contributed by atoms with E-state index in [0.717, 1.165) is 68.6 Å². The van der Waals surface area contributed by atoms with E-state index in [-0.39, 0.29) is 17.9 Å². The van der Waals surface area contributed by atoms with E-state index in [2.05, 4.69) is 15.5 Å². The lowest BCUT2D eigenvalue weighted by Gasteiger charge is -2.32. The topological polar surface area (TPSA) is 70.7 Å². The molecule has 2 aromatic rings. The number of nitrogens with one attached hydrogen (secondary N) is 2. The Balaban J connectivity index is 1.29. The predicted molar refractivity (Wildman–Crippen MR) is 140 cm³/mol. The lowest BCUT2D eigenvalue weighted by atomic mass is 9.97. The standard InChI is InChI=1S/C29H38FN3O3/c1-2-6-23(30)19-33-17-14-21(15-18-33)20-36-24-12-10-22(11-13-24)25-7-3-4-8-26(25)28(34)32-29(35)27-9-5-16-31-27/h3-4,7-8,10-13,21,23,27,31H,2,5-6,9,14-20H2,1H3,(H,32,34,35)/t23-,27?/m0/s1. The molecule has 6 nitrogen and oxygen atoms in total. The fourth-order valence-electron chi connectivity index (χ4n) is 5.07. The van der Waals surface area contributed by atoms with Crippen molar-refractivity contribution in [3.05, 3.63) is 54.1 Å². The Bertz CT molecular complexity index is 999. The SMILES string of the molecule is CCC[C@H](F)CN1CCC(COc2ccc(-c3ccccc3C(=O)NC(=O)C3CCCN3)cc2)CC1. The van der Waals surface area contributed by atoms with Crippen LogP contribution in [0, 0.1) is 5.92 Å². The zero-order valence-electron chi connectivity index (χ0n) is 21.2. The Morgan fingerprint density at radius 3 is 2.56 bits per heavy atom. The van der Waals surface area contributed by atoms with Gasteiger partial charge in [0.2, 0.25) is 5.91 Å². The molecule has 1 unspecified atom stereocenters. The van der Waals surface area contributed by atoms with E-state index in [9.17, 15) is 14.0 Å². The van der Waals surface area contributed by atoms with E-state index in [1.165, 1.54) is 0 Å². The van der Waals surface area contributed by atoms with Gasteiger partial charge in [0, 0.05) is 12.1 Å². The highest BCUT2D eigenvalue weighted by molar-refractivity contribution is 6.09. The molecule has 2 fully saturated rings. The van der Waals surface area contributed by atoms with E-state index >= 15 is 0 Å². The number of carbonyl (C=O) groups is 2. The first kappa shape index (κ1) is 26.3. The fraction of sp³-hybridized carbons (Fsp3) is 0.517. The van der Waals surface area contributed by atoms with Crippen LogP contribution in [0.2, 0.25) is 0 Å². The molecule has 2 heterocycles. The molecule has 2 saturated heterocycles. The maximum atomic E-state index is 13.9. The number of hydrogen-bond acceptors (Lipinski definition) is 5. The summed E-state index contributed by atoms with van der Waals surface area (Å²) in [4.78, 5) is 27.5. The molecule has 2 aliphatic heterocycles. The number of hydrogen-bond donors (Lipinski definition) is 2. The molecule has 0 aromatic heterocycles. The maximum absolute atomic E-state index is 13.9. The Morgan fingerprint density at radius 1 is 1.11 bits per heavy atom. The number of ether oxygens (including phenoxy) is 1. The lowest BCUT2D eigenvalue weighted by molar-refractivity contribution is -0.121. The zero-order valence-corrected chi connectivity index (χ0v) is 21.2. The molecule has 0 bridgehead atoms. The summed E-state index contributed by atoms with van der Waals surface area (Å²) in [6, 6.07) is 14.7. The largest absolute Gasteiger partial charge is 0.493 e. The number of amides is 2. The molecule has 2 aromatic carbocycles. The summed E-state index contributed by atoms with van der Waals surface area (Å²) in [5.41, 5.74) is 2.13. The third-order valence-electron chi connectivity index (χ3n) is 7.20. The molecule has 2 N–H and O–H groups in total. The van der Waals surface area contributed by atoms with Gasteiger partial charge in [0.15, 0.2) is 0 Å². The minimum atomic E-state index is -0.720. The summed E-state index contributed by atoms with van der Waals surface area (Å²) in [6.45, 7) is 5.88. The number of alkyl halides is 1. The predicted octanol–water partition coefficient (Wildman–Crippen LogP) is 4.59. The van der Waals surface area contributed by atoms with Crippen molar-refractivity contribution in [2.24, 2.45) is 5.92 Å². The summed E-state index contributed by atoms with van der Waals surface area (Å²) in [7, 11) is 0. The third-order valence-corrected chi connectivity index (χ3v) is 7.20. The van der Waals surface area contributed by atoms with Crippen LogP contribution in [0.25, 0.3) is 11.1 Å². The minimum Gasteiger partial charge on any atom is -0.493 e. The van der Waals surface area contributed by atoms with Gasteiger partial charge in [0.25, 0.3) is 5.91 Å². The average molecular weight is 496 g/mol. The Kier molecular flexibility index (Phi) is 9.47. The van der Waals surface area contributed by atoms with Gasteiger partial charge in [-0.1, -0.05) is 43.7 Å². The van der Waals surface area contributed by atoms with Crippen LogP contribution in [0.1, 0.15) is 55.8 Å². The van der Waals surface area contributed by atoms with Gasteiger partial charge in [-0.05, 0) is 87.0 Å². The van der Waals surface area contributed by atoms with Gasteiger partial charge in [0.1, 0.15) is 11.9 Å². The van der Waals surface area contributed by atoms with Crippen LogP contribution in [-0.4, -0.2) is 61.7 Å². The summed E-state index contributed by atoms with van der Waals surface area (Å²) in [6.07, 6.45) is 4.55. The number of piperidine rings is 1. The number of nitrogens with zero attached hydrogens (tertiary/aromatic N) is 1. The highest BCUT2D eigenvalue weighted by Gasteiger charge is 2.25. The first-order valence-corrected chi connectivity index (χ1v) is 13.3. The highest BCUT2D eigenvalue weighted by Crippen LogP contribution is 2.27. The van der Waals surface area contributed by atoms with Crippen molar-refractivity contribution < 1.29 is 18.7 Å². The second-order valence-electron chi connectivity index (χ2n) is 9.98. The van der Waals surface area contributed by atoms with Crippen LogP contribution in [0.3, 0.4) is 0 Å². The second kappa shape index (κ2) is 13.0. The quantitative estimate of drug-likeness (QED) is 0.472. The van der Waals surface area contributed by atoms with Gasteiger partial charge in [-0.15, -0.1) is 0 Å². The average Bonchev–Trinajstić information content (AvgIpc) is 3.44. The summed E-state index contributed by atoms with van der Waals surface area (Å²) < 4.78 is 19.9. The first-order valence-electron chi connectivity index (χ1n) is 13.3. The van der Waals surface area contributed by atoms with E-state index < -0.39 is 6.17 Å². The van der Waals surface area contributed by atoms with Crippen LogP contribution < -0.4 is 15.4 Å². The van der Waals surface area contributed by atoms with E-state index in [1.807, 2.05) is 43.3 Å². The summed E-state index contributed by atoms with van der Waals surface area (Å²) >= 11 is 0. The molecule has 194 valence electrons. The number of carbonyl (C=O) groups excluding carboxylic acids is 2.